The number of carbonyl (C=O) groups excluding carboxylic acids is 1. The molecule has 1 unspecified atom stereocenters. The van der Waals surface area contributed by atoms with E-state index >= 15 is 0 Å². The fraction of sp³-hybridized carbons (Fsp3) is 0.136. The molecule has 3 aromatic carbocycles. The standard InChI is InChI=1S/C22H19N3OS/c1-14(27-22-18-11-5-6-12-20(18)23-15(2)24-22)21(26)25-19-13-7-9-16-8-3-4-10-17(16)19/h3-14H,1-2H3,(H,25,26). The zero-order valence-electron chi connectivity index (χ0n) is 15.1. The van der Waals surface area contributed by atoms with Crippen molar-refractivity contribution in [3.63, 3.8) is 0 Å². The minimum Gasteiger partial charge on any atom is -0.325 e. The smallest absolute Gasteiger partial charge is 0.237 e. The maximum absolute atomic E-state index is 12.8. The first-order chi connectivity index (χ1) is 13.1. The highest BCUT2D eigenvalue weighted by Crippen LogP contribution is 2.30. The largest absolute Gasteiger partial charge is 0.325 e. The number of amides is 1. The van der Waals surface area contributed by atoms with Gasteiger partial charge < -0.3 is 5.32 Å². The Hall–Kier alpha value is -2.92. The molecular weight excluding hydrogens is 354 g/mol. The van der Waals surface area contributed by atoms with Crippen LogP contribution in [-0.2, 0) is 4.79 Å². The first-order valence-corrected chi connectivity index (χ1v) is 9.68. The number of rotatable bonds is 4. The molecular formula is C22H19N3OS. The van der Waals surface area contributed by atoms with Crippen LogP contribution in [0.1, 0.15) is 12.7 Å². The van der Waals surface area contributed by atoms with E-state index < -0.39 is 0 Å². The minimum absolute atomic E-state index is 0.0447. The van der Waals surface area contributed by atoms with Crippen molar-refractivity contribution < 1.29 is 4.79 Å². The molecule has 0 spiro atoms. The lowest BCUT2D eigenvalue weighted by Gasteiger charge is -2.14. The van der Waals surface area contributed by atoms with Gasteiger partial charge in [-0.2, -0.15) is 0 Å². The van der Waals surface area contributed by atoms with E-state index in [9.17, 15) is 4.79 Å². The number of hydrogen-bond donors (Lipinski definition) is 1. The van der Waals surface area contributed by atoms with Crippen LogP contribution in [0.15, 0.2) is 71.8 Å². The lowest BCUT2D eigenvalue weighted by atomic mass is 10.1. The van der Waals surface area contributed by atoms with Gasteiger partial charge in [0, 0.05) is 16.5 Å². The van der Waals surface area contributed by atoms with Crippen molar-refractivity contribution in [2.24, 2.45) is 0 Å². The van der Waals surface area contributed by atoms with Crippen LogP contribution in [-0.4, -0.2) is 21.1 Å². The molecule has 134 valence electrons. The summed E-state index contributed by atoms with van der Waals surface area (Å²) in [6.07, 6.45) is 0. The zero-order chi connectivity index (χ0) is 18.8. The summed E-state index contributed by atoms with van der Waals surface area (Å²) in [6.45, 7) is 3.77. The minimum atomic E-state index is -0.290. The van der Waals surface area contributed by atoms with Gasteiger partial charge >= 0.3 is 0 Å². The Kier molecular flexibility index (Phi) is 4.77. The lowest BCUT2D eigenvalue weighted by molar-refractivity contribution is -0.115. The monoisotopic (exact) mass is 373 g/mol. The molecule has 0 aliphatic heterocycles. The van der Waals surface area contributed by atoms with Crippen molar-refractivity contribution in [3.8, 4) is 0 Å². The van der Waals surface area contributed by atoms with Crippen molar-refractivity contribution in [1.82, 2.24) is 9.97 Å². The number of thioether (sulfide) groups is 1. The average Bonchev–Trinajstić information content (AvgIpc) is 2.68. The number of aromatic nitrogens is 2. The summed E-state index contributed by atoms with van der Waals surface area (Å²) in [6, 6.07) is 21.8. The summed E-state index contributed by atoms with van der Waals surface area (Å²) in [5, 5.41) is 6.72. The summed E-state index contributed by atoms with van der Waals surface area (Å²) in [5.41, 5.74) is 1.73. The van der Waals surface area contributed by atoms with Gasteiger partial charge in [-0.1, -0.05) is 66.4 Å². The normalized spacial score (nSPS) is 12.2. The van der Waals surface area contributed by atoms with Gasteiger partial charge in [0.2, 0.25) is 5.91 Å². The molecule has 1 N–H and O–H groups in total. The zero-order valence-corrected chi connectivity index (χ0v) is 16.0. The van der Waals surface area contributed by atoms with Crippen LogP contribution < -0.4 is 5.32 Å². The van der Waals surface area contributed by atoms with Crippen LogP contribution in [0.5, 0.6) is 0 Å². The Labute approximate surface area is 162 Å². The first kappa shape index (κ1) is 17.5. The van der Waals surface area contributed by atoms with Crippen LogP contribution in [0.2, 0.25) is 0 Å². The molecule has 4 aromatic rings. The van der Waals surface area contributed by atoms with E-state index in [4.69, 9.17) is 0 Å². The molecule has 27 heavy (non-hydrogen) atoms. The van der Waals surface area contributed by atoms with Gasteiger partial charge in [-0.05, 0) is 31.4 Å². The predicted octanol–water partition coefficient (Wildman–Crippen LogP) is 5.21. The molecule has 1 heterocycles. The number of nitrogens with one attached hydrogen (secondary N) is 1. The molecule has 4 rings (SSSR count). The summed E-state index contributed by atoms with van der Waals surface area (Å²) in [7, 11) is 0. The number of hydrogen-bond acceptors (Lipinski definition) is 4. The molecule has 0 fully saturated rings. The number of para-hydroxylation sites is 1. The Balaban J connectivity index is 1.58. The topological polar surface area (TPSA) is 54.9 Å². The molecule has 1 atom stereocenters. The van der Waals surface area contributed by atoms with Crippen LogP contribution in [0, 0.1) is 6.92 Å². The summed E-state index contributed by atoms with van der Waals surface area (Å²) in [4.78, 5) is 21.8. The summed E-state index contributed by atoms with van der Waals surface area (Å²) in [5.74, 6) is 0.662. The number of carbonyl (C=O) groups is 1. The van der Waals surface area contributed by atoms with Gasteiger partial charge in [-0.25, -0.2) is 9.97 Å². The number of nitrogens with zero attached hydrogens (tertiary/aromatic N) is 2. The maximum atomic E-state index is 12.8. The Bertz CT molecular complexity index is 1140. The third-order valence-electron chi connectivity index (χ3n) is 4.39. The molecule has 1 aromatic heterocycles. The Morgan fingerprint density at radius 3 is 2.48 bits per heavy atom. The fourth-order valence-electron chi connectivity index (χ4n) is 3.04. The fourth-order valence-corrected chi connectivity index (χ4v) is 4.02. The van der Waals surface area contributed by atoms with E-state index in [0.717, 1.165) is 32.4 Å². The molecule has 0 saturated carbocycles. The van der Waals surface area contributed by atoms with Gasteiger partial charge in [0.05, 0.1) is 10.8 Å². The Morgan fingerprint density at radius 1 is 0.926 bits per heavy atom. The van der Waals surface area contributed by atoms with Crippen molar-refractivity contribution in [1.29, 1.82) is 0 Å². The van der Waals surface area contributed by atoms with E-state index in [2.05, 4.69) is 15.3 Å². The highest BCUT2D eigenvalue weighted by Gasteiger charge is 2.18. The third-order valence-corrected chi connectivity index (χ3v) is 5.49. The van der Waals surface area contributed by atoms with Crippen molar-refractivity contribution in [2.75, 3.05) is 5.32 Å². The molecule has 4 nitrogen and oxygen atoms in total. The second-order valence-electron chi connectivity index (χ2n) is 6.37. The first-order valence-electron chi connectivity index (χ1n) is 8.80. The third kappa shape index (κ3) is 3.64. The molecule has 0 saturated heterocycles. The van der Waals surface area contributed by atoms with Gasteiger partial charge in [0.15, 0.2) is 0 Å². The van der Waals surface area contributed by atoms with E-state index in [1.807, 2.05) is 80.6 Å². The second-order valence-corrected chi connectivity index (χ2v) is 7.70. The van der Waals surface area contributed by atoms with Gasteiger partial charge in [0.25, 0.3) is 0 Å². The van der Waals surface area contributed by atoms with Crippen LogP contribution in [0.3, 0.4) is 0 Å². The van der Waals surface area contributed by atoms with Gasteiger partial charge in [-0.3, -0.25) is 4.79 Å². The van der Waals surface area contributed by atoms with Crippen molar-refractivity contribution in [2.45, 2.75) is 24.1 Å². The lowest BCUT2D eigenvalue weighted by Crippen LogP contribution is -2.22. The van der Waals surface area contributed by atoms with E-state index in [1.165, 1.54) is 11.8 Å². The van der Waals surface area contributed by atoms with E-state index in [0.29, 0.717) is 5.82 Å². The molecule has 0 aliphatic carbocycles. The van der Waals surface area contributed by atoms with Crippen LogP contribution >= 0.6 is 11.8 Å². The van der Waals surface area contributed by atoms with Crippen LogP contribution in [0.25, 0.3) is 21.7 Å². The Morgan fingerprint density at radius 2 is 1.63 bits per heavy atom. The molecule has 1 amide bonds. The molecule has 0 bridgehead atoms. The number of aryl methyl sites for hydroxylation is 1. The van der Waals surface area contributed by atoms with Crippen LogP contribution in [0.4, 0.5) is 5.69 Å². The van der Waals surface area contributed by atoms with E-state index in [-0.39, 0.29) is 11.2 Å². The van der Waals surface area contributed by atoms with Gasteiger partial charge in [-0.15, -0.1) is 0 Å². The van der Waals surface area contributed by atoms with Crippen molar-refractivity contribution >= 4 is 45.0 Å². The number of fused-ring (bicyclic) bond motifs is 2. The average molecular weight is 373 g/mol. The predicted molar refractivity (Wildman–Crippen MR) is 112 cm³/mol. The number of anilines is 1. The van der Waals surface area contributed by atoms with Gasteiger partial charge in [0.1, 0.15) is 10.9 Å². The number of benzene rings is 3. The maximum Gasteiger partial charge on any atom is 0.237 e. The quantitative estimate of drug-likeness (QED) is 0.394. The molecule has 0 aliphatic rings. The summed E-state index contributed by atoms with van der Waals surface area (Å²) >= 11 is 1.46. The summed E-state index contributed by atoms with van der Waals surface area (Å²) < 4.78 is 0. The highest BCUT2D eigenvalue weighted by molar-refractivity contribution is 8.00. The van der Waals surface area contributed by atoms with E-state index in [1.54, 1.807) is 0 Å². The highest BCUT2D eigenvalue weighted by atomic mass is 32.2. The SMILES string of the molecule is Cc1nc(SC(C)C(=O)Nc2cccc3ccccc23)c2ccccc2n1. The van der Waals surface area contributed by atoms with Crippen molar-refractivity contribution in [3.05, 3.63) is 72.6 Å². The molecule has 5 heteroatoms. The second kappa shape index (κ2) is 7.37. The molecule has 0 radical (unpaired) electrons.